The molecule has 0 saturated carbocycles. The maximum absolute atomic E-state index is 13.0. The molecule has 0 bridgehead atoms. The van der Waals surface area contributed by atoms with E-state index in [0.717, 1.165) is 45.7 Å². The number of hydrogen-bond donors (Lipinski definition) is 1. The minimum atomic E-state index is -0.286. The molecule has 0 atom stereocenters. The number of carbonyl (C=O) groups excluding carboxylic acids is 1. The van der Waals surface area contributed by atoms with Gasteiger partial charge in [0.2, 0.25) is 5.91 Å². The predicted molar refractivity (Wildman–Crippen MR) is 125 cm³/mol. The van der Waals surface area contributed by atoms with Crippen LogP contribution in [0.15, 0.2) is 40.5 Å². The molecule has 170 valence electrons. The van der Waals surface area contributed by atoms with Crippen LogP contribution in [0.3, 0.4) is 0 Å². The van der Waals surface area contributed by atoms with Crippen molar-refractivity contribution in [2.45, 2.75) is 23.5 Å². The number of thioether (sulfide) groups is 2. The van der Waals surface area contributed by atoms with Crippen molar-refractivity contribution in [1.82, 2.24) is 25.1 Å². The number of benzene rings is 1. The van der Waals surface area contributed by atoms with Gasteiger partial charge in [-0.05, 0) is 30.0 Å². The van der Waals surface area contributed by atoms with Crippen LogP contribution < -0.4 is 10.2 Å². The Labute approximate surface area is 194 Å². The molecule has 3 heterocycles. The average Bonchev–Trinajstić information content (AvgIpc) is 3.22. The van der Waals surface area contributed by atoms with Gasteiger partial charge >= 0.3 is 0 Å². The first-order chi connectivity index (χ1) is 15.6. The third-order valence-corrected chi connectivity index (χ3v) is 6.61. The number of aromatic nitrogens is 4. The average molecular weight is 477 g/mol. The van der Waals surface area contributed by atoms with E-state index in [1.54, 1.807) is 30.1 Å². The summed E-state index contributed by atoms with van der Waals surface area (Å²) in [7, 11) is 0. The predicted octanol–water partition coefficient (Wildman–Crippen LogP) is 2.82. The minimum Gasteiger partial charge on any atom is -0.378 e. The monoisotopic (exact) mass is 476 g/mol. The number of ether oxygens (including phenoxy) is 1. The molecule has 1 aliphatic rings. The molecular weight excluding hydrogens is 451 g/mol. The highest BCUT2D eigenvalue weighted by atomic mass is 32.2. The largest absolute Gasteiger partial charge is 0.378 e. The number of morpholine rings is 1. The Hall–Kier alpha value is -2.37. The van der Waals surface area contributed by atoms with Crippen molar-refractivity contribution in [3.63, 3.8) is 0 Å². The third kappa shape index (κ3) is 5.70. The zero-order valence-electron chi connectivity index (χ0n) is 17.8. The van der Waals surface area contributed by atoms with Gasteiger partial charge < -0.3 is 15.0 Å². The zero-order chi connectivity index (χ0) is 22.3. The molecule has 1 fully saturated rings. The molecule has 11 heteroatoms. The van der Waals surface area contributed by atoms with E-state index in [-0.39, 0.29) is 17.5 Å². The summed E-state index contributed by atoms with van der Waals surface area (Å²) >= 11 is 2.97. The second kappa shape index (κ2) is 11.0. The van der Waals surface area contributed by atoms with Gasteiger partial charge in [-0.2, -0.15) is 5.10 Å². The lowest BCUT2D eigenvalue weighted by Gasteiger charge is -2.28. The number of halogens is 1. The molecule has 1 saturated heterocycles. The van der Waals surface area contributed by atoms with E-state index in [9.17, 15) is 9.18 Å². The standard InChI is InChI=1S/C21H25FN6O2S2/c1-2-31-21-25-19(27-9-11-30-12-10-27)17-13-24-28(20(17)26-21)8-7-23-18(29)14-32-16-5-3-15(22)4-6-16/h3-6,13H,2,7-12,14H2,1H3,(H,23,29). The number of hydrogen-bond acceptors (Lipinski definition) is 8. The van der Waals surface area contributed by atoms with Crippen molar-refractivity contribution < 1.29 is 13.9 Å². The van der Waals surface area contributed by atoms with Crippen LogP contribution in [-0.4, -0.2) is 70.0 Å². The summed E-state index contributed by atoms with van der Waals surface area (Å²) in [6.07, 6.45) is 1.80. The quantitative estimate of drug-likeness (QED) is 0.373. The lowest BCUT2D eigenvalue weighted by molar-refractivity contribution is -0.118. The third-order valence-electron chi connectivity index (χ3n) is 4.87. The molecule has 4 rings (SSSR count). The van der Waals surface area contributed by atoms with Crippen LogP contribution in [-0.2, 0) is 16.1 Å². The number of rotatable bonds is 9. The first-order valence-corrected chi connectivity index (χ1v) is 12.5. The van der Waals surface area contributed by atoms with Crippen LogP contribution in [0.4, 0.5) is 10.2 Å². The van der Waals surface area contributed by atoms with Gasteiger partial charge in [0.1, 0.15) is 11.6 Å². The topological polar surface area (TPSA) is 85.2 Å². The van der Waals surface area contributed by atoms with E-state index in [0.29, 0.717) is 26.3 Å². The Balaban J connectivity index is 1.39. The molecule has 0 radical (unpaired) electrons. The fourth-order valence-electron chi connectivity index (χ4n) is 3.33. The molecule has 1 N–H and O–H groups in total. The fourth-order valence-corrected chi connectivity index (χ4v) is 4.62. The number of anilines is 1. The number of fused-ring (bicyclic) bond motifs is 1. The van der Waals surface area contributed by atoms with Gasteiger partial charge in [-0.15, -0.1) is 11.8 Å². The SMILES string of the molecule is CCSc1nc(N2CCOCC2)c2cnn(CCNC(=O)CSc3ccc(F)cc3)c2n1. The van der Waals surface area contributed by atoms with Crippen molar-refractivity contribution in [3.8, 4) is 0 Å². The molecule has 8 nitrogen and oxygen atoms in total. The van der Waals surface area contributed by atoms with E-state index in [1.807, 2.05) is 4.68 Å². The molecule has 0 unspecified atom stereocenters. The first kappa shape index (κ1) is 22.8. The summed E-state index contributed by atoms with van der Waals surface area (Å²) in [5, 5.41) is 9.05. The minimum absolute atomic E-state index is 0.0818. The summed E-state index contributed by atoms with van der Waals surface area (Å²) in [5.41, 5.74) is 0.771. The van der Waals surface area contributed by atoms with Crippen LogP contribution >= 0.6 is 23.5 Å². The number of carbonyl (C=O) groups is 1. The molecular formula is C21H25FN6O2S2. The highest BCUT2D eigenvalue weighted by Crippen LogP contribution is 2.27. The van der Waals surface area contributed by atoms with Crippen molar-refractivity contribution >= 4 is 46.3 Å². The van der Waals surface area contributed by atoms with E-state index in [2.05, 4.69) is 22.2 Å². The number of nitrogens with zero attached hydrogens (tertiary/aromatic N) is 5. The van der Waals surface area contributed by atoms with Gasteiger partial charge in [-0.1, -0.05) is 18.7 Å². The maximum atomic E-state index is 13.0. The highest BCUT2D eigenvalue weighted by molar-refractivity contribution is 8.00. The van der Waals surface area contributed by atoms with Gasteiger partial charge in [-0.25, -0.2) is 19.0 Å². The Bertz CT molecular complexity index is 1060. The molecule has 1 aromatic carbocycles. The number of nitrogens with one attached hydrogen (secondary N) is 1. The normalized spacial score (nSPS) is 14.1. The highest BCUT2D eigenvalue weighted by Gasteiger charge is 2.20. The Morgan fingerprint density at radius 3 is 2.72 bits per heavy atom. The smallest absolute Gasteiger partial charge is 0.230 e. The molecule has 32 heavy (non-hydrogen) atoms. The van der Waals surface area contributed by atoms with Gasteiger partial charge in [0.05, 0.1) is 37.1 Å². The second-order valence-corrected chi connectivity index (χ2v) is 9.34. The maximum Gasteiger partial charge on any atom is 0.230 e. The Morgan fingerprint density at radius 1 is 1.19 bits per heavy atom. The van der Waals surface area contributed by atoms with E-state index >= 15 is 0 Å². The Morgan fingerprint density at radius 2 is 1.97 bits per heavy atom. The van der Waals surface area contributed by atoms with Crippen LogP contribution in [0.1, 0.15) is 6.92 Å². The summed E-state index contributed by atoms with van der Waals surface area (Å²) in [4.78, 5) is 24.7. The lowest BCUT2D eigenvalue weighted by atomic mass is 10.3. The molecule has 0 spiro atoms. The summed E-state index contributed by atoms with van der Waals surface area (Å²) < 4.78 is 20.3. The summed E-state index contributed by atoms with van der Waals surface area (Å²) in [6, 6.07) is 6.12. The van der Waals surface area contributed by atoms with E-state index < -0.39 is 0 Å². The van der Waals surface area contributed by atoms with E-state index in [1.165, 1.54) is 23.9 Å². The first-order valence-electron chi connectivity index (χ1n) is 10.5. The number of amides is 1. The molecule has 0 aliphatic carbocycles. The zero-order valence-corrected chi connectivity index (χ0v) is 19.4. The second-order valence-electron chi connectivity index (χ2n) is 7.06. The van der Waals surface area contributed by atoms with Crippen molar-refractivity contribution in [3.05, 3.63) is 36.3 Å². The van der Waals surface area contributed by atoms with Crippen molar-refractivity contribution in [2.24, 2.45) is 0 Å². The molecule has 1 amide bonds. The van der Waals surface area contributed by atoms with Crippen LogP contribution in [0.5, 0.6) is 0 Å². The van der Waals surface area contributed by atoms with E-state index in [4.69, 9.17) is 14.7 Å². The van der Waals surface area contributed by atoms with Crippen molar-refractivity contribution in [1.29, 1.82) is 0 Å². The van der Waals surface area contributed by atoms with Crippen LogP contribution in [0.25, 0.3) is 11.0 Å². The summed E-state index contributed by atoms with van der Waals surface area (Å²) in [5.74, 6) is 1.67. The Kier molecular flexibility index (Phi) is 7.82. The van der Waals surface area contributed by atoms with Crippen molar-refractivity contribution in [2.75, 3.05) is 49.3 Å². The fraction of sp³-hybridized carbons (Fsp3) is 0.429. The summed E-state index contributed by atoms with van der Waals surface area (Å²) in [6.45, 7) is 5.95. The van der Waals surface area contributed by atoms with Gasteiger partial charge in [-0.3, -0.25) is 4.79 Å². The molecule has 2 aromatic heterocycles. The molecule has 1 aliphatic heterocycles. The van der Waals surface area contributed by atoms with Gasteiger partial charge in [0.15, 0.2) is 10.8 Å². The van der Waals surface area contributed by atoms with Gasteiger partial charge in [0.25, 0.3) is 0 Å². The van der Waals surface area contributed by atoms with Crippen LogP contribution in [0, 0.1) is 5.82 Å². The lowest BCUT2D eigenvalue weighted by Crippen LogP contribution is -2.37. The van der Waals surface area contributed by atoms with Crippen LogP contribution in [0.2, 0.25) is 0 Å². The van der Waals surface area contributed by atoms with Gasteiger partial charge in [0, 0.05) is 24.5 Å². The molecule has 3 aromatic rings.